The number of phenolic OH excluding ortho intramolecular Hbond substituents is 2. The fourth-order valence-corrected chi connectivity index (χ4v) is 3.66. The van der Waals surface area contributed by atoms with Crippen molar-refractivity contribution < 1.29 is 81.4 Å². The van der Waals surface area contributed by atoms with Crippen LogP contribution in [-0.4, -0.2) is 56.2 Å². The third kappa shape index (κ3) is 5.19. The molecule has 0 heterocycles. The van der Waals surface area contributed by atoms with E-state index in [9.17, 15) is 40.9 Å². The summed E-state index contributed by atoms with van der Waals surface area (Å²) in [5, 5.41) is 20.0. The Morgan fingerprint density at radius 3 is 1.34 bits per heavy atom. The molecule has 0 radical (unpaired) electrons. The molecule has 11 nitrogen and oxygen atoms in total. The monoisotopic (exact) mass is 458 g/mol. The number of benzene rings is 2. The molecular weight excluding hydrogens is 443 g/mol. The van der Waals surface area contributed by atoms with Crippen LogP contribution in [0.15, 0.2) is 34.1 Å². The van der Waals surface area contributed by atoms with E-state index in [-0.39, 0.29) is 31.0 Å². The van der Waals surface area contributed by atoms with Gasteiger partial charge >= 0.3 is 29.6 Å². The molecule has 0 unspecified atom stereocenters. The normalized spacial score (nSPS) is 11.4. The first kappa shape index (κ1) is 25.2. The quantitative estimate of drug-likeness (QED) is 0.212. The molecule has 0 aliphatic rings. The summed E-state index contributed by atoms with van der Waals surface area (Å²) in [7, 11) is -7.61. The first-order chi connectivity index (χ1) is 12.8. The Kier molecular flexibility index (Phi) is 7.70. The molecule has 0 aliphatic heterocycles. The molecule has 14 heteroatoms. The first-order valence-electron chi connectivity index (χ1n) is 7.13. The van der Waals surface area contributed by atoms with Crippen LogP contribution in [0.5, 0.6) is 23.0 Å². The Balaban J connectivity index is 0.00000420. The van der Waals surface area contributed by atoms with Gasteiger partial charge in [0.1, 0.15) is 32.8 Å². The molecule has 0 amide bonds. The van der Waals surface area contributed by atoms with Gasteiger partial charge in [-0.15, -0.1) is 0 Å². The molecule has 0 aromatic heterocycles. The minimum Gasteiger partial charge on any atom is -1.00 e. The number of rotatable bonds is 6. The smallest absolute Gasteiger partial charge is 1.00 e. The summed E-state index contributed by atoms with van der Waals surface area (Å²) in [6.07, 6.45) is 0. The number of hydrogen-bond donors (Lipinski definition) is 4. The number of ketones is 1. The van der Waals surface area contributed by atoms with Gasteiger partial charge in [0.25, 0.3) is 20.2 Å². The summed E-state index contributed by atoms with van der Waals surface area (Å²) in [5.41, 5.74) is -1.40. The summed E-state index contributed by atoms with van der Waals surface area (Å²) < 4.78 is 73.9. The van der Waals surface area contributed by atoms with Crippen LogP contribution in [0.2, 0.25) is 0 Å². The largest absolute Gasteiger partial charge is 1.00 e. The van der Waals surface area contributed by atoms with Crippen LogP contribution < -0.4 is 39.0 Å². The minimum absolute atomic E-state index is 0. The van der Waals surface area contributed by atoms with Gasteiger partial charge in [-0.2, -0.15) is 16.8 Å². The number of phenols is 2. The Labute approximate surface area is 189 Å². The molecule has 0 saturated heterocycles. The van der Waals surface area contributed by atoms with Crippen LogP contribution in [0.4, 0.5) is 0 Å². The Morgan fingerprint density at radius 1 is 0.793 bits per heavy atom. The van der Waals surface area contributed by atoms with E-state index in [4.69, 9.17) is 9.47 Å². The first-order valence-corrected chi connectivity index (χ1v) is 10.0. The van der Waals surface area contributed by atoms with E-state index >= 15 is 0 Å². The van der Waals surface area contributed by atoms with Crippen LogP contribution >= 0.6 is 0 Å². The zero-order chi connectivity index (χ0) is 21.4. The molecule has 0 aliphatic carbocycles. The summed E-state index contributed by atoms with van der Waals surface area (Å²) in [6.45, 7) is 0. The number of ether oxygens (including phenoxy) is 2. The molecular formula is C15H15NaO11S2. The van der Waals surface area contributed by atoms with Crippen molar-refractivity contribution in [2.24, 2.45) is 0 Å². The number of hydrogen-bond acceptors (Lipinski definition) is 9. The van der Waals surface area contributed by atoms with Gasteiger partial charge in [0, 0.05) is 12.1 Å². The van der Waals surface area contributed by atoms with E-state index in [1.807, 2.05) is 0 Å². The van der Waals surface area contributed by atoms with Gasteiger partial charge < -0.3 is 21.1 Å². The van der Waals surface area contributed by atoms with Crippen molar-refractivity contribution in [3.8, 4) is 23.0 Å². The Morgan fingerprint density at radius 2 is 1.10 bits per heavy atom. The van der Waals surface area contributed by atoms with E-state index in [0.717, 1.165) is 26.4 Å². The van der Waals surface area contributed by atoms with Crippen LogP contribution in [0, 0.1) is 0 Å². The van der Waals surface area contributed by atoms with E-state index in [1.165, 1.54) is 0 Å². The van der Waals surface area contributed by atoms with Crippen LogP contribution in [0.25, 0.3) is 0 Å². The standard InChI is InChI=1S/C15H14O11S2.Na.H/c1-25-11-5-9(16)7(3-13(11)27(19,20)21)15(18)8-4-14(28(22,23)24)12(26-2)6-10(8)17;;/h3-6,16-17H,1-2H3,(H,19,20,21)(H,22,23,24);;/q;+1;-1. The van der Waals surface area contributed by atoms with E-state index < -0.39 is 69.9 Å². The maximum Gasteiger partial charge on any atom is 1.00 e. The van der Waals surface area contributed by atoms with Crippen molar-refractivity contribution >= 4 is 26.0 Å². The minimum atomic E-state index is -4.86. The zero-order valence-electron chi connectivity index (χ0n) is 16.3. The van der Waals surface area contributed by atoms with Gasteiger partial charge in [0.05, 0.1) is 25.3 Å². The predicted octanol–water partition coefficient (Wildman–Crippen LogP) is -2.04. The molecule has 0 saturated carbocycles. The fourth-order valence-electron chi connectivity index (χ4n) is 2.33. The van der Waals surface area contributed by atoms with E-state index in [0.29, 0.717) is 12.1 Å². The molecule has 0 spiro atoms. The van der Waals surface area contributed by atoms with Crippen molar-refractivity contribution in [1.29, 1.82) is 0 Å². The Hall–Kier alpha value is -1.87. The molecule has 0 fully saturated rings. The van der Waals surface area contributed by atoms with Gasteiger partial charge in [-0.25, -0.2) is 0 Å². The molecule has 0 atom stereocenters. The molecule has 29 heavy (non-hydrogen) atoms. The van der Waals surface area contributed by atoms with Crippen LogP contribution in [-0.2, 0) is 20.2 Å². The summed E-state index contributed by atoms with van der Waals surface area (Å²) in [5.74, 6) is -3.70. The van der Waals surface area contributed by atoms with Gasteiger partial charge in [-0.3, -0.25) is 13.9 Å². The van der Waals surface area contributed by atoms with Gasteiger partial charge in [-0.1, -0.05) is 0 Å². The van der Waals surface area contributed by atoms with E-state index in [2.05, 4.69) is 0 Å². The maximum absolute atomic E-state index is 12.7. The van der Waals surface area contributed by atoms with Crippen molar-refractivity contribution in [2.75, 3.05) is 14.2 Å². The average molecular weight is 458 g/mol. The third-order valence-electron chi connectivity index (χ3n) is 3.61. The maximum atomic E-state index is 12.7. The van der Waals surface area contributed by atoms with Gasteiger partial charge in [-0.05, 0) is 12.1 Å². The third-order valence-corrected chi connectivity index (χ3v) is 5.36. The SMILES string of the molecule is COc1cc(O)c(C(=O)c2cc(S(=O)(=O)O)c(OC)cc2O)cc1S(=O)(=O)O.[H-].[Na+]. The molecule has 2 rings (SSSR count). The molecule has 4 N–H and O–H groups in total. The fraction of sp³-hybridized carbons (Fsp3) is 0.133. The average Bonchev–Trinajstić information content (AvgIpc) is 2.58. The predicted molar refractivity (Wildman–Crippen MR) is 93.5 cm³/mol. The van der Waals surface area contributed by atoms with Crippen molar-refractivity contribution in [1.82, 2.24) is 0 Å². The topological polar surface area (TPSA) is 185 Å². The second-order valence-corrected chi connectivity index (χ2v) is 8.10. The zero-order valence-corrected chi connectivity index (χ0v) is 18.9. The molecule has 2 aromatic carbocycles. The summed E-state index contributed by atoms with van der Waals surface area (Å²) >= 11 is 0. The second-order valence-electron chi connectivity index (χ2n) is 5.32. The van der Waals surface area contributed by atoms with Crippen molar-refractivity contribution in [3.05, 3.63) is 35.4 Å². The number of carbonyl (C=O) groups excluding carboxylic acids is 1. The van der Waals surface area contributed by atoms with Gasteiger partial charge in [0.2, 0.25) is 5.78 Å². The number of carbonyl (C=O) groups is 1. The van der Waals surface area contributed by atoms with Gasteiger partial charge in [0.15, 0.2) is 0 Å². The van der Waals surface area contributed by atoms with E-state index in [1.54, 1.807) is 0 Å². The van der Waals surface area contributed by atoms with Crippen LogP contribution in [0.1, 0.15) is 17.3 Å². The molecule has 154 valence electrons. The summed E-state index contributed by atoms with van der Waals surface area (Å²) in [4.78, 5) is 11.0. The number of aromatic hydroxyl groups is 2. The second kappa shape index (κ2) is 8.87. The van der Waals surface area contributed by atoms with Crippen LogP contribution in [0.3, 0.4) is 0 Å². The van der Waals surface area contributed by atoms with Crippen molar-refractivity contribution in [2.45, 2.75) is 9.79 Å². The molecule has 0 bridgehead atoms. The Bertz CT molecular complexity index is 1090. The summed E-state index contributed by atoms with van der Waals surface area (Å²) in [6, 6.07) is 2.65. The van der Waals surface area contributed by atoms with Crippen molar-refractivity contribution in [3.63, 3.8) is 0 Å². The number of methoxy groups -OCH3 is 2. The molecule has 2 aromatic rings.